The summed E-state index contributed by atoms with van der Waals surface area (Å²) in [6, 6.07) is 7.81. The molecular weight excluding hydrogens is 200 g/mol. The predicted octanol–water partition coefficient (Wildman–Crippen LogP) is 3.09. The van der Waals surface area contributed by atoms with Crippen molar-refractivity contribution in [2.75, 3.05) is 7.11 Å². The van der Waals surface area contributed by atoms with Gasteiger partial charge in [-0.25, -0.2) is 0 Å². The highest BCUT2D eigenvalue weighted by atomic mass is 16.5. The van der Waals surface area contributed by atoms with Crippen molar-refractivity contribution < 1.29 is 9.84 Å². The van der Waals surface area contributed by atoms with Gasteiger partial charge >= 0.3 is 0 Å². The molecule has 2 rings (SSSR count). The van der Waals surface area contributed by atoms with Crippen molar-refractivity contribution >= 4 is 0 Å². The first-order valence-electron chi connectivity index (χ1n) is 6.01. The number of para-hydroxylation sites is 1. The van der Waals surface area contributed by atoms with Crippen molar-refractivity contribution in [1.29, 1.82) is 0 Å². The summed E-state index contributed by atoms with van der Waals surface area (Å²) in [5, 5.41) is 10.7. The van der Waals surface area contributed by atoms with E-state index in [9.17, 15) is 5.11 Å². The van der Waals surface area contributed by atoms with Crippen LogP contribution >= 0.6 is 0 Å². The SMILES string of the molecule is COc1ccccc1C1(O)CCC(C)CC1. The Labute approximate surface area is 97.3 Å². The molecule has 1 saturated carbocycles. The summed E-state index contributed by atoms with van der Waals surface area (Å²) in [6.07, 6.45) is 3.87. The summed E-state index contributed by atoms with van der Waals surface area (Å²) < 4.78 is 5.33. The van der Waals surface area contributed by atoms with Crippen LogP contribution in [0.5, 0.6) is 5.75 Å². The number of benzene rings is 1. The van der Waals surface area contributed by atoms with E-state index in [2.05, 4.69) is 6.92 Å². The normalized spacial score (nSPS) is 30.1. The Morgan fingerprint density at radius 1 is 1.25 bits per heavy atom. The molecule has 1 fully saturated rings. The molecule has 0 spiro atoms. The van der Waals surface area contributed by atoms with Crippen LogP contribution in [0.2, 0.25) is 0 Å². The third kappa shape index (κ3) is 2.07. The van der Waals surface area contributed by atoms with Crippen LogP contribution < -0.4 is 4.74 Å². The maximum Gasteiger partial charge on any atom is 0.124 e. The average Bonchev–Trinajstić information content (AvgIpc) is 2.33. The molecule has 1 aliphatic carbocycles. The van der Waals surface area contributed by atoms with Crippen LogP contribution in [0.4, 0.5) is 0 Å². The summed E-state index contributed by atoms with van der Waals surface area (Å²) in [6.45, 7) is 2.25. The van der Waals surface area contributed by atoms with Gasteiger partial charge in [0.2, 0.25) is 0 Å². The highest BCUT2D eigenvalue weighted by Crippen LogP contribution is 2.42. The van der Waals surface area contributed by atoms with Crippen LogP contribution in [0, 0.1) is 5.92 Å². The third-order valence-corrected chi connectivity index (χ3v) is 3.71. The van der Waals surface area contributed by atoms with E-state index >= 15 is 0 Å². The van der Waals surface area contributed by atoms with Gasteiger partial charge in [-0.05, 0) is 37.7 Å². The zero-order valence-electron chi connectivity index (χ0n) is 10.1. The summed E-state index contributed by atoms with van der Waals surface area (Å²) in [5.41, 5.74) is 0.267. The number of hydrogen-bond acceptors (Lipinski definition) is 2. The molecule has 0 saturated heterocycles. The Morgan fingerprint density at radius 2 is 1.88 bits per heavy atom. The van der Waals surface area contributed by atoms with Crippen LogP contribution in [-0.4, -0.2) is 12.2 Å². The number of hydrogen-bond donors (Lipinski definition) is 1. The topological polar surface area (TPSA) is 29.5 Å². The van der Waals surface area contributed by atoms with Gasteiger partial charge in [0.15, 0.2) is 0 Å². The van der Waals surface area contributed by atoms with E-state index in [1.807, 2.05) is 24.3 Å². The smallest absolute Gasteiger partial charge is 0.124 e. The summed E-state index contributed by atoms with van der Waals surface area (Å²) >= 11 is 0. The number of rotatable bonds is 2. The first-order valence-corrected chi connectivity index (χ1v) is 6.01. The van der Waals surface area contributed by atoms with Crippen LogP contribution in [0.3, 0.4) is 0 Å². The second-order valence-corrected chi connectivity index (χ2v) is 4.91. The molecule has 0 unspecified atom stereocenters. The first kappa shape index (κ1) is 11.5. The molecule has 2 heteroatoms. The van der Waals surface area contributed by atoms with E-state index in [0.29, 0.717) is 0 Å². The van der Waals surface area contributed by atoms with Crippen molar-refractivity contribution in [1.82, 2.24) is 0 Å². The van der Waals surface area contributed by atoms with Gasteiger partial charge in [-0.2, -0.15) is 0 Å². The van der Waals surface area contributed by atoms with Crippen LogP contribution in [-0.2, 0) is 5.60 Å². The van der Waals surface area contributed by atoms with Crippen LogP contribution in [0.25, 0.3) is 0 Å². The molecule has 0 amide bonds. The van der Waals surface area contributed by atoms with Crippen molar-refractivity contribution in [3.8, 4) is 5.75 Å². The molecule has 0 radical (unpaired) electrons. The van der Waals surface area contributed by atoms with Gasteiger partial charge in [-0.15, -0.1) is 0 Å². The molecule has 0 heterocycles. The molecule has 0 atom stereocenters. The number of aliphatic hydroxyl groups is 1. The fraction of sp³-hybridized carbons (Fsp3) is 0.571. The third-order valence-electron chi connectivity index (χ3n) is 3.71. The summed E-state index contributed by atoms with van der Waals surface area (Å²) in [7, 11) is 1.66. The van der Waals surface area contributed by atoms with Gasteiger partial charge in [0, 0.05) is 5.56 Å². The van der Waals surface area contributed by atoms with E-state index in [1.54, 1.807) is 7.11 Å². The molecule has 0 aromatic heterocycles. The van der Waals surface area contributed by atoms with Gasteiger partial charge in [-0.1, -0.05) is 25.1 Å². The molecule has 1 aromatic carbocycles. The van der Waals surface area contributed by atoms with Gasteiger partial charge in [-0.3, -0.25) is 0 Å². The molecular formula is C14H20O2. The fourth-order valence-electron chi connectivity index (χ4n) is 2.54. The molecule has 2 nitrogen and oxygen atoms in total. The Morgan fingerprint density at radius 3 is 2.50 bits per heavy atom. The first-order chi connectivity index (χ1) is 7.65. The van der Waals surface area contributed by atoms with Crippen LogP contribution in [0.1, 0.15) is 38.2 Å². The quantitative estimate of drug-likeness (QED) is 0.830. The van der Waals surface area contributed by atoms with Gasteiger partial charge < -0.3 is 9.84 Å². The van der Waals surface area contributed by atoms with Crippen molar-refractivity contribution in [2.24, 2.45) is 5.92 Å². The molecule has 0 bridgehead atoms. The largest absolute Gasteiger partial charge is 0.496 e. The molecule has 0 aliphatic heterocycles. The maximum absolute atomic E-state index is 10.7. The van der Waals surface area contributed by atoms with E-state index in [4.69, 9.17) is 4.74 Å². The highest BCUT2D eigenvalue weighted by molar-refractivity contribution is 5.38. The van der Waals surface area contributed by atoms with E-state index in [0.717, 1.165) is 42.9 Å². The molecule has 1 aromatic rings. The van der Waals surface area contributed by atoms with Gasteiger partial charge in [0.1, 0.15) is 5.75 Å². The highest BCUT2D eigenvalue weighted by Gasteiger charge is 2.35. The predicted molar refractivity (Wildman–Crippen MR) is 64.5 cm³/mol. The molecule has 88 valence electrons. The lowest BCUT2D eigenvalue weighted by Crippen LogP contribution is -2.31. The van der Waals surface area contributed by atoms with Crippen molar-refractivity contribution in [3.05, 3.63) is 29.8 Å². The summed E-state index contributed by atoms with van der Waals surface area (Å²) in [5.74, 6) is 1.54. The lowest BCUT2D eigenvalue weighted by Gasteiger charge is -2.36. The van der Waals surface area contributed by atoms with E-state index in [-0.39, 0.29) is 0 Å². The van der Waals surface area contributed by atoms with E-state index in [1.165, 1.54) is 0 Å². The Balaban J connectivity index is 2.28. The number of methoxy groups -OCH3 is 1. The molecule has 16 heavy (non-hydrogen) atoms. The minimum absolute atomic E-state index is 0.681. The second kappa shape index (κ2) is 4.46. The zero-order chi connectivity index (χ0) is 11.6. The Kier molecular flexibility index (Phi) is 3.20. The zero-order valence-corrected chi connectivity index (χ0v) is 10.1. The fourth-order valence-corrected chi connectivity index (χ4v) is 2.54. The minimum atomic E-state index is -0.681. The minimum Gasteiger partial charge on any atom is -0.496 e. The Bertz CT molecular complexity index is 352. The lowest BCUT2D eigenvalue weighted by molar-refractivity contribution is -0.0138. The Hall–Kier alpha value is -1.02. The molecule has 1 N–H and O–H groups in total. The van der Waals surface area contributed by atoms with Crippen LogP contribution in [0.15, 0.2) is 24.3 Å². The second-order valence-electron chi connectivity index (χ2n) is 4.91. The monoisotopic (exact) mass is 220 g/mol. The van der Waals surface area contributed by atoms with Gasteiger partial charge in [0.05, 0.1) is 12.7 Å². The average molecular weight is 220 g/mol. The van der Waals surface area contributed by atoms with Crippen molar-refractivity contribution in [2.45, 2.75) is 38.2 Å². The summed E-state index contributed by atoms with van der Waals surface area (Å²) in [4.78, 5) is 0. The lowest BCUT2D eigenvalue weighted by atomic mass is 9.75. The van der Waals surface area contributed by atoms with Crippen molar-refractivity contribution in [3.63, 3.8) is 0 Å². The molecule has 1 aliphatic rings. The van der Waals surface area contributed by atoms with E-state index < -0.39 is 5.60 Å². The standard InChI is InChI=1S/C14H20O2/c1-11-7-9-14(15,10-8-11)12-5-3-4-6-13(12)16-2/h3-6,11,15H,7-10H2,1-2H3. The maximum atomic E-state index is 10.7. The number of ether oxygens (including phenoxy) is 1. The van der Waals surface area contributed by atoms with Gasteiger partial charge in [0.25, 0.3) is 0 Å².